The summed E-state index contributed by atoms with van der Waals surface area (Å²) < 4.78 is 26.1. The average molecular weight is 302 g/mol. The van der Waals surface area contributed by atoms with Crippen molar-refractivity contribution in [3.63, 3.8) is 0 Å². The molecule has 19 heavy (non-hydrogen) atoms. The van der Waals surface area contributed by atoms with Crippen LogP contribution < -0.4 is 4.72 Å². The van der Waals surface area contributed by atoms with Crippen molar-refractivity contribution in [2.45, 2.75) is 18.5 Å². The lowest BCUT2D eigenvalue weighted by Gasteiger charge is -2.03. The second-order valence-electron chi connectivity index (χ2n) is 3.60. The average Bonchev–Trinajstić information content (AvgIpc) is 2.94. The van der Waals surface area contributed by atoms with E-state index in [1.807, 2.05) is 0 Å². The number of sulfonamides is 1. The molecule has 0 fully saturated rings. The molecular formula is C9H10N4O4S2. The van der Waals surface area contributed by atoms with Crippen molar-refractivity contribution in [1.82, 2.24) is 19.9 Å². The molecule has 0 amide bonds. The Morgan fingerprint density at radius 3 is 2.89 bits per heavy atom. The number of carboxylic acid groups (broad SMARTS) is 1. The first-order valence-corrected chi connectivity index (χ1v) is 7.44. The van der Waals surface area contributed by atoms with Crippen molar-refractivity contribution in [3.8, 4) is 0 Å². The first-order chi connectivity index (χ1) is 8.90. The molecule has 2 aromatic heterocycles. The summed E-state index contributed by atoms with van der Waals surface area (Å²) in [6.07, 6.45) is 0.948. The molecule has 0 aromatic carbocycles. The molecule has 2 rings (SSSR count). The Kier molecular flexibility index (Phi) is 3.64. The highest BCUT2D eigenvalue weighted by atomic mass is 32.2. The molecule has 0 aliphatic rings. The van der Waals surface area contributed by atoms with E-state index in [4.69, 9.17) is 5.11 Å². The largest absolute Gasteiger partial charge is 0.478 e. The number of aryl methyl sites for hydroxylation is 1. The molecule has 0 aliphatic heterocycles. The number of rotatable bonds is 5. The molecule has 0 saturated heterocycles. The van der Waals surface area contributed by atoms with Gasteiger partial charge in [-0.3, -0.25) is 5.10 Å². The van der Waals surface area contributed by atoms with Gasteiger partial charge in [0.05, 0.1) is 23.4 Å². The molecule has 0 unspecified atom stereocenters. The summed E-state index contributed by atoms with van der Waals surface area (Å²) in [5, 5.41) is 16.5. The molecule has 3 N–H and O–H groups in total. The smallest absolute Gasteiger partial charge is 0.340 e. The molecule has 0 aliphatic carbocycles. The van der Waals surface area contributed by atoms with E-state index in [1.54, 1.807) is 12.3 Å². The quantitative estimate of drug-likeness (QED) is 0.732. The zero-order chi connectivity index (χ0) is 14.0. The Bertz CT molecular complexity index is 703. The third kappa shape index (κ3) is 2.97. The third-order valence-corrected chi connectivity index (χ3v) is 4.41. The number of carbonyl (C=O) groups is 1. The van der Waals surface area contributed by atoms with Crippen LogP contribution in [0.1, 0.15) is 21.1 Å². The summed E-state index contributed by atoms with van der Waals surface area (Å²) in [7, 11) is -3.97. The van der Waals surface area contributed by atoms with Crippen LogP contribution in [0.4, 0.5) is 0 Å². The van der Waals surface area contributed by atoms with Gasteiger partial charge in [-0.25, -0.2) is 22.9 Å². The summed E-state index contributed by atoms with van der Waals surface area (Å²) in [4.78, 5) is 14.9. The van der Waals surface area contributed by atoms with E-state index in [1.165, 1.54) is 11.3 Å². The minimum absolute atomic E-state index is 0.00917. The number of nitrogens with zero attached hydrogens (tertiary/aromatic N) is 2. The van der Waals surface area contributed by atoms with E-state index in [2.05, 4.69) is 19.9 Å². The minimum atomic E-state index is -3.97. The fourth-order valence-electron chi connectivity index (χ4n) is 1.36. The lowest BCUT2D eigenvalue weighted by atomic mass is 10.4. The van der Waals surface area contributed by atoms with Crippen LogP contribution in [0.2, 0.25) is 0 Å². The van der Waals surface area contributed by atoms with Gasteiger partial charge in [0.1, 0.15) is 5.56 Å². The van der Waals surface area contributed by atoms with Crippen molar-refractivity contribution in [3.05, 3.63) is 27.8 Å². The highest BCUT2D eigenvalue weighted by molar-refractivity contribution is 7.89. The summed E-state index contributed by atoms with van der Waals surface area (Å²) in [6, 6.07) is 0. The molecule has 0 spiro atoms. The highest BCUT2D eigenvalue weighted by Crippen LogP contribution is 2.13. The standard InChI is InChI=1S/C9H10N4O4S2/c1-5-12-6(4-18-5)2-11-19(16,17)8-7(9(14)15)3-10-13-8/h3-4,11H,2H2,1H3,(H,10,13)(H,14,15). The first kappa shape index (κ1) is 13.6. The minimum Gasteiger partial charge on any atom is -0.478 e. The van der Waals surface area contributed by atoms with E-state index in [9.17, 15) is 13.2 Å². The van der Waals surface area contributed by atoms with E-state index >= 15 is 0 Å². The Balaban J connectivity index is 2.18. The number of H-pyrrole nitrogens is 1. The predicted molar refractivity (Wildman–Crippen MR) is 66.4 cm³/mol. The summed E-state index contributed by atoms with van der Waals surface area (Å²) in [5.74, 6) is -1.36. The molecule has 0 atom stereocenters. The van der Waals surface area contributed by atoms with Gasteiger partial charge in [-0.15, -0.1) is 11.3 Å². The van der Waals surface area contributed by atoms with E-state index < -0.39 is 26.6 Å². The van der Waals surface area contributed by atoms with Crippen LogP contribution in [-0.4, -0.2) is 34.7 Å². The maximum atomic E-state index is 11.9. The summed E-state index contributed by atoms with van der Waals surface area (Å²) >= 11 is 1.40. The van der Waals surface area contributed by atoms with Gasteiger partial charge in [0.25, 0.3) is 10.0 Å². The number of nitrogens with one attached hydrogen (secondary N) is 2. The zero-order valence-corrected chi connectivity index (χ0v) is 11.4. The molecule has 0 saturated carbocycles. The van der Waals surface area contributed by atoms with Gasteiger partial charge in [0.15, 0.2) is 5.03 Å². The second-order valence-corrected chi connectivity index (χ2v) is 6.37. The predicted octanol–water partition coefficient (Wildman–Crippen LogP) is 0.351. The van der Waals surface area contributed by atoms with Crippen molar-refractivity contribution in [2.24, 2.45) is 0 Å². The van der Waals surface area contributed by atoms with Gasteiger partial charge in [-0.1, -0.05) is 0 Å². The number of aromatic carboxylic acids is 1. The van der Waals surface area contributed by atoms with Crippen LogP contribution >= 0.6 is 11.3 Å². The Hall–Kier alpha value is -1.78. The molecule has 0 bridgehead atoms. The van der Waals surface area contributed by atoms with Gasteiger partial charge in [-0.2, -0.15) is 5.10 Å². The van der Waals surface area contributed by atoms with Crippen LogP contribution in [-0.2, 0) is 16.6 Å². The maximum absolute atomic E-state index is 11.9. The molecule has 2 heterocycles. The number of thiazole rings is 1. The number of aromatic amines is 1. The normalized spacial score (nSPS) is 11.6. The van der Waals surface area contributed by atoms with Crippen molar-refractivity contribution in [1.29, 1.82) is 0 Å². The molecule has 8 nitrogen and oxygen atoms in total. The molecule has 102 valence electrons. The number of hydrogen-bond acceptors (Lipinski definition) is 6. The fraction of sp³-hybridized carbons (Fsp3) is 0.222. The van der Waals surface area contributed by atoms with Crippen molar-refractivity contribution < 1.29 is 18.3 Å². The fourth-order valence-corrected chi connectivity index (χ4v) is 3.06. The summed E-state index contributed by atoms with van der Waals surface area (Å²) in [5.41, 5.74) is 0.171. The monoisotopic (exact) mass is 302 g/mol. The molecule has 0 radical (unpaired) electrons. The highest BCUT2D eigenvalue weighted by Gasteiger charge is 2.24. The first-order valence-electron chi connectivity index (χ1n) is 5.07. The molecule has 10 heteroatoms. The molecule has 2 aromatic rings. The number of carboxylic acids is 1. The zero-order valence-electron chi connectivity index (χ0n) is 9.74. The summed E-state index contributed by atoms with van der Waals surface area (Å²) in [6.45, 7) is 1.80. The van der Waals surface area contributed by atoms with Gasteiger partial charge in [0.2, 0.25) is 0 Å². The second kappa shape index (κ2) is 5.07. The maximum Gasteiger partial charge on any atom is 0.340 e. The Morgan fingerprint density at radius 2 is 2.32 bits per heavy atom. The van der Waals surface area contributed by atoms with Gasteiger partial charge in [-0.05, 0) is 6.92 Å². The lowest BCUT2D eigenvalue weighted by molar-refractivity contribution is 0.0692. The topological polar surface area (TPSA) is 125 Å². The van der Waals surface area contributed by atoms with E-state index in [0.717, 1.165) is 11.2 Å². The number of aromatic nitrogens is 3. The Labute approximate surface area is 112 Å². The SMILES string of the molecule is Cc1nc(CNS(=O)(=O)c2[nH]ncc2C(=O)O)cs1. The third-order valence-electron chi connectivity index (χ3n) is 2.21. The van der Waals surface area contributed by atoms with Crippen molar-refractivity contribution >= 4 is 27.3 Å². The number of hydrogen-bond donors (Lipinski definition) is 3. The van der Waals surface area contributed by atoms with E-state index in [0.29, 0.717) is 5.69 Å². The molecular weight excluding hydrogens is 292 g/mol. The van der Waals surface area contributed by atoms with Crippen LogP contribution in [0.25, 0.3) is 0 Å². The lowest BCUT2D eigenvalue weighted by Crippen LogP contribution is -2.25. The van der Waals surface area contributed by atoms with Crippen molar-refractivity contribution in [2.75, 3.05) is 0 Å². The van der Waals surface area contributed by atoms with Crippen LogP contribution in [0.5, 0.6) is 0 Å². The van der Waals surface area contributed by atoms with Gasteiger partial charge < -0.3 is 5.11 Å². The van der Waals surface area contributed by atoms with Gasteiger partial charge >= 0.3 is 5.97 Å². The van der Waals surface area contributed by atoms with Crippen LogP contribution in [0.15, 0.2) is 16.6 Å². The van der Waals surface area contributed by atoms with E-state index in [-0.39, 0.29) is 6.54 Å². The van der Waals surface area contributed by atoms with Gasteiger partial charge in [0, 0.05) is 5.38 Å². The Morgan fingerprint density at radius 1 is 1.58 bits per heavy atom. The van der Waals surface area contributed by atoms with Crippen LogP contribution in [0.3, 0.4) is 0 Å². The van der Waals surface area contributed by atoms with Crippen LogP contribution in [0, 0.1) is 6.92 Å².